The van der Waals surface area contributed by atoms with E-state index in [1.807, 2.05) is 6.92 Å². The van der Waals surface area contributed by atoms with E-state index >= 15 is 0 Å². The largest absolute Gasteiger partial charge is 0.370 e. The summed E-state index contributed by atoms with van der Waals surface area (Å²) >= 11 is 3.31. The Bertz CT molecular complexity index is 620. The number of amides is 1. The molecule has 6 nitrogen and oxygen atoms in total. The molecule has 1 aliphatic heterocycles. The maximum absolute atomic E-state index is 12.4. The summed E-state index contributed by atoms with van der Waals surface area (Å²) in [5.74, 6) is 0.564. The number of halogens is 1. The third kappa shape index (κ3) is 4.41. The number of nitrogens with zero attached hydrogens (tertiary/aromatic N) is 1. The van der Waals surface area contributed by atoms with E-state index in [4.69, 9.17) is 0 Å². The van der Waals surface area contributed by atoms with Crippen molar-refractivity contribution < 1.29 is 13.2 Å². The molecule has 1 amide bonds. The van der Waals surface area contributed by atoms with Crippen LogP contribution in [0, 0.1) is 0 Å². The van der Waals surface area contributed by atoms with Gasteiger partial charge in [0.2, 0.25) is 0 Å². The van der Waals surface area contributed by atoms with Crippen LogP contribution in [0.2, 0.25) is 0 Å². The Morgan fingerprint density at radius 1 is 1.43 bits per heavy atom. The smallest absolute Gasteiger partial charge is 0.255 e. The first-order chi connectivity index (χ1) is 9.91. The van der Waals surface area contributed by atoms with Gasteiger partial charge in [-0.3, -0.25) is 4.79 Å². The average molecular weight is 376 g/mol. The lowest BCUT2D eigenvalue weighted by Gasteiger charge is -2.23. The highest BCUT2D eigenvalue weighted by Crippen LogP contribution is 2.19. The zero-order chi connectivity index (χ0) is 15.5. The monoisotopic (exact) mass is 375 g/mol. The van der Waals surface area contributed by atoms with Crippen molar-refractivity contribution in [2.45, 2.75) is 25.8 Å². The molecule has 21 heavy (non-hydrogen) atoms. The molecule has 1 aliphatic rings. The second-order valence-corrected chi connectivity index (χ2v) is 8.20. The lowest BCUT2D eigenvalue weighted by atomic mass is 10.1. The molecule has 2 rings (SSSR count). The van der Waals surface area contributed by atoms with E-state index in [1.165, 1.54) is 0 Å². The van der Waals surface area contributed by atoms with Gasteiger partial charge in [-0.1, -0.05) is 0 Å². The predicted molar refractivity (Wildman–Crippen MR) is 85.2 cm³/mol. The van der Waals surface area contributed by atoms with Crippen molar-refractivity contribution in [3.05, 3.63) is 22.3 Å². The fourth-order valence-corrected chi connectivity index (χ4v) is 4.04. The molecule has 0 unspecified atom stereocenters. The summed E-state index contributed by atoms with van der Waals surface area (Å²) in [5, 5.41) is 5.94. The van der Waals surface area contributed by atoms with Gasteiger partial charge in [-0.15, -0.1) is 0 Å². The highest BCUT2D eigenvalue weighted by Gasteiger charge is 2.25. The molecule has 0 radical (unpaired) electrons. The van der Waals surface area contributed by atoms with Crippen LogP contribution in [0.3, 0.4) is 0 Å². The Morgan fingerprint density at radius 3 is 2.71 bits per heavy atom. The first-order valence-corrected chi connectivity index (χ1v) is 9.43. The van der Waals surface area contributed by atoms with Crippen LogP contribution in [0.15, 0.2) is 16.7 Å². The fourth-order valence-electron chi connectivity index (χ4n) is 2.22. The molecule has 1 fully saturated rings. The van der Waals surface area contributed by atoms with E-state index in [0.29, 0.717) is 30.8 Å². The van der Waals surface area contributed by atoms with Crippen molar-refractivity contribution >= 4 is 37.5 Å². The number of hydrogen-bond donors (Lipinski definition) is 2. The highest BCUT2D eigenvalue weighted by molar-refractivity contribution is 9.10. The van der Waals surface area contributed by atoms with Gasteiger partial charge in [0.15, 0.2) is 0 Å². The molecule has 0 aromatic carbocycles. The van der Waals surface area contributed by atoms with Crippen molar-refractivity contribution in [3.63, 3.8) is 0 Å². The van der Waals surface area contributed by atoms with Crippen molar-refractivity contribution in [2.75, 3.05) is 23.4 Å². The normalized spacial score (nSPS) is 18.2. The summed E-state index contributed by atoms with van der Waals surface area (Å²) in [6.07, 6.45) is 2.56. The molecule has 0 saturated carbocycles. The molecule has 2 heterocycles. The highest BCUT2D eigenvalue weighted by atomic mass is 79.9. The summed E-state index contributed by atoms with van der Waals surface area (Å²) in [5.41, 5.74) is 0.458. The third-order valence-electron chi connectivity index (χ3n) is 3.33. The first-order valence-electron chi connectivity index (χ1n) is 6.82. The lowest BCUT2D eigenvalue weighted by Crippen LogP contribution is -2.41. The average Bonchev–Trinajstić information content (AvgIpc) is 2.43. The molecule has 0 spiro atoms. The van der Waals surface area contributed by atoms with Gasteiger partial charge < -0.3 is 10.6 Å². The van der Waals surface area contributed by atoms with Crippen LogP contribution in [0.5, 0.6) is 0 Å². The van der Waals surface area contributed by atoms with Crippen LogP contribution < -0.4 is 10.6 Å². The number of pyridine rings is 1. The Morgan fingerprint density at radius 2 is 2.10 bits per heavy atom. The molecule has 2 N–H and O–H groups in total. The lowest BCUT2D eigenvalue weighted by molar-refractivity contribution is 0.0934. The van der Waals surface area contributed by atoms with Gasteiger partial charge in [-0.25, -0.2) is 13.4 Å². The molecule has 0 bridgehead atoms. The van der Waals surface area contributed by atoms with Gasteiger partial charge in [-0.05, 0) is 41.8 Å². The second-order valence-electron chi connectivity index (χ2n) is 4.98. The van der Waals surface area contributed by atoms with Crippen molar-refractivity contribution in [1.29, 1.82) is 0 Å². The number of anilines is 1. The predicted octanol–water partition coefficient (Wildman–Crippen LogP) is 1.58. The molecule has 1 saturated heterocycles. The molecular weight excluding hydrogens is 358 g/mol. The molecule has 8 heteroatoms. The van der Waals surface area contributed by atoms with E-state index < -0.39 is 9.84 Å². The number of carbonyl (C=O) groups excluding carboxylic acids is 1. The van der Waals surface area contributed by atoms with Crippen molar-refractivity contribution in [3.8, 4) is 0 Å². The number of rotatable bonds is 4. The Hall–Kier alpha value is -1.15. The number of nitrogens with one attached hydrogen (secondary N) is 2. The summed E-state index contributed by atoms with van der Waals surface area (Å²) < 4.78 is 23.5. The van der Waals surface area contributed by atoms with Crippen molar-refractivity contribution in [1.82, 2.24) is 10.3 Å². The maximum atomic E-state index is 12.4. The number of carbonyl (C=O) groups is 1. The number of aromatic nitrogens is 1. The van der Waals surface area contributed by atoms with Gasteiger partial charge in [0.25, 0.3) is 5.91 Å². The van der Waals surface area contributed by atoms with Crippen LogP contribution in [0.25, 0.3) is 0 Å². The van der Waals surface area contributed by atoms with Crippen LogP contribution in [-0.4, -0.2) is 43.4 Å². The van der Waals surface area contributed by atoms with Gasteiger partial charge in [0, 0.05) is 23.3 Å². The van der Waals surface area contributed by atoms with Crippen LogP contribution in [-0.2, 0) is 9.84 Å². The molecular formula is C13H18BrN3O3S. The molecule has 0 atom stereocenters. The van der Waals surface area contributed by atoms with E-state index in [1.54, 1.807) is 12.3 Å². The third-order valence-corrected chi connectivity index (χ3v) is 5.48. The van der Waals surface area contributed by atoms with E-state index in [-0.39, 0.29) is 23.5 Å². The van der Waals surface area contributed by atoms with Gasteiger partial charge in [-0.2, -0.15) is 0 Å². The summed E-state index contributed by atoms with van der Waals surface area (Å²) in [7, 11) is -2.92. The zero-order valence-electron chi connectivity index (χ0n) is 11.7. The minimum atomic E-state index is -2.92. The standard InChI is InChI=1S/C13H18BrN3O3S/c1-2-15-12-11(7-9(14)8-16-12)13(18)17-10-3-5-21(19,20)6-4-10/h7-8,10H,2-6H2,1H3,(H,15,16)(H,17,18). The van der Waals surface area contributed by atoms with Crippen LogP contribution in [0.1, 0.15) is 30.1 Å². The van der Waals surface area contributed by atoms with Gasteiger partial charge >= 0.3 is 0 Å². The molecule has 116 valence electrons. The second kappa shape index (κ2) is 6.74. The maximum Gasteiger partial charge on any atom is 0.255 e. The zero-order valence-corrected chi connectivity index (χ0v) is 14.1. The molecule has 1 aromatic heterocycles. The Kier molecular flexibility index (Phi) is 5.21. The number of sulfone groups is 1. The molecule has 0 aliphatic carbocycles. The van der Waals surface area contributed by atoms with E-state index in [9.17, 15) is 13.2 Å². The Balaban J connectivity index is 2.08. The van der Waals surface area contributed by atoms with E-state index in [2.05, 4.69) is 31.5 Å². The molecule has 1 aromatic rings. The SMILES string of the molecule is CCNc1ncc(Br)cc1C(=O)NC1CCS(=O)(=O)CC1. The van der Waals surface area contributed by atoms with Gasteiger partial charge in [0.1, 0.15) is 15.7 Å². The minimum Gasteiger partial charge on any atom is -0.370 e. The number of hydrogen-bond acceptors (Lipinski definition) is 5. The first kappa shape index (κ1) is 16.2. The van der Waals surface area contributed by atoms with Crippen LogP contribution in [0.4, 0.5) is 5.82 Å². The van der Waals surface area contributed by atoms with E-state index in [0.717, 1.165) is 4.47 Å². The summed E-state index contributed by atoms with van der Waals surface area (Å²) in [6, 6.07) is 1.61. The van der Waals surface area contributed by atoms with Gasteiger partial charge in [0.05, 0.1) is 17.1 Å². The van der Waals surface area contributed by atoms with Crippen molar-refractivity contribution in [2.24, 2.45) is 0 Å². The summed E-state index contributed by atoms with van der Waals surface area (Å²) in [4.78, 5) is 16.6. The van der Waals surface area contributed by atoms with Crippen LogP contribution >= 0.6 is 15.9 Å². The quantitative estimate of drug-likeness (QED) is 0.833. The Labute approximate surface area is 132 Å². The topological polar surface area (TPSA) is 88.2 Å². The fraction of sp³-hybridized carbons (Fsp3) is 0.538. The summed E-state index contributed by atoms with van der Waals surface area (Å²) in [6.45, 7) is 2.59. The minimum absolute atomic E-state index is 0.102.